The number of hydrogen-bond donors (Lipinski definition) is 5. The van der Waals surface area contributed by atoms with Gasteiger partial charge in [-0.3, -0.25) is 25.2 Å². The fourth-order valence-electron chi connectivity index (χ4n) is 4.57. The minimum absolute atomic E-state index is 0.0345. The molecular formula is C23H27N11O7S3. The van der Waals surface area contributed by atoms with Crippen molar-refractivity contribution in [3.63, 3.8) is 0 Å². The number of H-pyrrole nitrogens is 1. The molecule has 2 aromatic heterocycles. The number of β-lactam (4-membered cyclic amide) rings is 1. The number of thioether (sulfide) groups is 2. The van der Waals surface area contributed by atoms with E-state index in [4.69, 9.17) is 10.1 Å². The van der Waals surface area contributed by atoms with Gasteiger partial charge in [0.2, 0.25) is 5.16 Å². The number of carbonyl (C=O) groups is 5. The molecule has 2 fully saturated rings. The minimum atomic E-state index is -1.32. The normalized spacial score (nSPS) is 20.5. The highest BCUT2D eigenvalue weighted by Gasteiger charge is 2.59. The monoisotopic (exact) mass is 665 g/mol. The molecule has 3 aliphatic heterocycles. The molecule has 2 unspecified atom stereocenters. The Kier molecular flexibility index (Phi) is 8.53. The highest BCUT2D eigenvalue weighted by atomic mass is 32.2. The number of fused-ring (bicyclic) bond motifs is 1. The number of thiazole rings is 1. The Morgan fingerprint density at radius 3 is 2.68 bits per heavy atom. The van der Waals surface area contributed by atoms with Crippen LogP contribution in [0.2, 0.25) is 0 Å². The van der Waals surface area contributed by atoms with Crippen molar-refractivity contribution < 1.29 is 33.8 Å². The number of hydrazine groups is 1. The molecule has 0 radical (unpaired) electrons. The number of aliphatic carboxylic acids is 1. The Balaban J connectivity index is 1.39. The lowest BCUT2D eigenvalue weighted by Crippen LogP contribution is -2.74. The minimum Gasteiger partial charge on any atom is -0.477 e. The fraction of sp³-hybridized carbons (Fsp3) is 0.478. The standard InChI is InChI=1S/C23H27N11O7S3/c1-9(44-20-28-30-31-29-20)10-7-42-17-14(16(36)33(17)13(10)18(37)38)34(32-6-5-25-21(32)39)15(35)12(24)11-8-43-19(26-11)27-22(40)41-23(2,3)4/h8-9,14,17,24H,5-7H2,1-4H3,(H,25,39)(H,37,38)(H,26,27,40)(H,28,29,30,31)/t9?,14?,17-/m0/s1. The number of carbonyl (C=O) groups excluding carboxylic acids is 4. The Bertz CT molecular complexity index is 1550. The van der Waals surface area contributed by atoms with Crippen LogP contribution in [0, 0.1) is 5.41 Å². The van der Waals surface area contributed by atoms with Crippen molar-refractivity contribution in [2.75, 3.05) is 24.2 Å². The summed E-state index contributed by atoms with van der Waals surface area (Å²) in [6, 6.07) is -1.92. The number of nitrogens with one attached hydrogen (secondary N) is 4. The summed E-state index contributed by atoms with van der Waals surface area (Å²) in [6.45, 7) is 7.05. The summed E-state index contributed by atoms with van der Waals surface area (Å²) in [4.78, 5) is 70.0. The van der Waals surface area contributed by atoms with Gasteiger partial charge in [0.05, 0.1) is 6.54 Å². The molecule has 2 aromatic rings. The van der Waals surface area contributed by atoms with Gasteiger partial charge in [0.25, 0.3) is 11.8 Å². The summed E-state index contributed by atoms with van der Waals surface area (Å²) in [6.07, 6.45) is -0.771. The number of urea groups is 1. The molecule has 234 valence electrons. The first kappa shape index (κ1) is 31.2. The fourth-order valence-corrected chi connectivity index (χ4v) is 7.71. The number of aromatic nitrogens is 5. The molecule has 2 saturated heterocycles. The van der Waals surface area contributed by atoms with E-state index in [2.05, 4.69) is 36.2 Å². The van der Waals surface area contributed by atoms with Crippen LogP contribution in [-0.2, 0) is 19.1 Å². The summed E-state index contributed by atoms with van der Waals surface area (Å²) in [5, 5.41) is 39.8. The predicted octanol–water partition coefficient (Wildman–Crippen LogP) is 0.943. The number of ether oxygens (including phenoxy) is 1. The molecule has 5 N–H and O–H groups in total. The maximum Gasteiger partial charge on any atom is 0.413 e. The van der Waals surface area contributed by atoms with Crippen LogP contribution < -0.4 is 10.6 Å². The van der Waals surface area contributed by atoms with Crippen molar-refractivity contribution in [3.8, 4) is 0 Å². The molecule has 5 heterocycles. The molecule has 0 saturated carbocycles. The van der Waals surface area contributed by atoms with Crippen LogP contribution in [0.15, 0.2) is 21.8 Å². The second-order valence-electron chi connectivity index (χ2n) is 10.5. The largest absolute Gasteiger partial charge is 0.477 e. The number of anilines is 1. The average molecular weight is 666 g/mol. The Morgan fingerprint density at radius 1 is 1.32 bits per heavy atom. The molecule has 0 aliphatic carbocycles. The number of tetrazole rings is 1. The SMILES string of the molecule is CC(Sc1nn[nH]n1)C1=C(C(=O)O)N2C(=O)C(N(C(=O)C(=N)c3csc(NC(=O)OC(C)(C)C)n3)N3CCNC3=O)[C@@H]2SC1. The van der Waals surface area contributed by atoms with Gasteiger partial charge in [-0.2, -0.15) is 5.21 Å². The molecule has 3 aliphatic rings. The van der Waals surface area contributed by atoms with Crippen LogP contribution in [0.1, 0.15) is 33.4 Å². The van der Waals surface area contributed by atoms with Crippen LogP contribution in [-0.4, -0.2) is 122 Å². The molecule has 0 aromatic carbocycles. The number of aromatic amines is 1. The van der Waals surface area contributed by atoms with Crippen LogP contribution >= 0.6 is 34.9 Å². The Morgan fingerprint density at radius 2 is 2.07 bits per heavy atom. The van der Waals surface area contributed by atoms with E-state index in [9.17, 15) is 29.1 Å². The number of carboxylic acids is 1. The first-order chi connectivity index (χ1) is 20.8. The lowest BCUT2D eigenvalue weighted by atomic mass is 10.0. The van der Waals surface area contributed by atoms with Crippen molar-refractivity contribution in [3.05, 3.63) is 22.3 Å². The molecule has 5 amide bonds. The van der Waals surface area contributed by atoms with Gasteiger partial charge in [0.15, 0.2) is 11.2 Å². The second-order valence-corrected chi connectivity index (χ2v) is 13.8. The number of nitrogens with zero attached hydrogens (tertiary/aromatic N) is 7. The summed E-state index contributed by atoms with van der Waals surface area (Å²) >= 11 is 3.35. The predicted molar refractivity (Wildman–Crippen MR) is 157 cm³/mol. The molecular weight excluding hydrogens is 639 g/mol. The van der Waals surface area contributed by atoms with E-state index in [1.54, 1.807) is 27.7 Å². The molecule has 5 rings (SSSR count). The Hall–Kier alpha value is -4.24. The van der Waals surface area contributed by atoms with Crippen molar-refractivity contribution in [1.29, 1.82) is 5.41 Å². The molecule has 0 spiro atoms. The maximum atomic E-state index is 13.8. The zero-order chi connectivity index (χ0) is 31.9. The van der Waals surface area contributed by atoms with Crippen LogP contribution in [0.3, 0.4) is 0 Å². The van der Waals surface area contributed by atoms with E-state index in [-0.39, 0.29) is 35.4 Å². The summed E-state index contributed by atoms with van der Waals surface area (Å²) in [7, 11) is 0. The van der Waals surface area contributed by atoms with Gasteiger partial charge in [0, 0.05) is 22.9 Å². The zero-order valence-corrected chi connectivity index (χ0v) is 26.1. The number of amides is 5. The van der Waals surface area contributed by atoms with Crippen LogP contribution in [0.25, 0.3) is 0 Å². The quantitative estimate of drug-likeness (QED) is 0.143. The maximum absolute atomic E-state index is 13.8. The van der Waals surface area contributed by atoms with E-state index >= 15 is 0 Å². The first-order valence-corrected chi connectivity index (χ1v) is 15.8. The van der Waals surface area contributed by atoms with Crippen molar-refractivity contribution in [2.45, 2.75) is 55.1 Å². The van der Waals surface area contributed by atoms with E-state index in [0.29, 0.717) is 10.7 Å². The van der Waals surface area contributed by atoms with Gasteiger partial charge in [-0.25, -0.2) is 29.4 Å². The topological polar surface area (TPSA) is 240 Å². The third kappa shape index (κ3) is 6.06. The molecule has 21 heteroatoms. The molecule has 18 nitrogen and oxygen atoms in total. The molecule has 44 heavy (non-hydrogen) atoms. The van der Waals surface area contributed by atoms with Gasteiger partial charge in [0.1, 0.15) is 28.1 Å². The van der Waals surface area contributed by atoms with E-state index in [0.717, 1.165) is 26.3 Å². The van der Waals surface area contributed by atoms with Crippen molar-refractivity contribution in [1.82, 2.24) is 45.8 Å². The smallest absolute Gasteiger partial charge is 0.413 e. The van der Waals surface area contributed by atoms with Gasteiger partial charge in [-0.05, 0) is 38.5 Å². The van der Waals surface area contributed by atoms with Gasteiger partial charge in [-0.15, -0.1) is 33.3 Å². The molecule has 3 atom stereocenters. The first-order valence-electron chi connectivity index (χ1n) is 13.0. The third-order valence-electron chi connectivity index (χ3n) is 6.42. The summed E-state index contributed by atoms with van der Waals surface area (Å²) in [5.41, 5.74) is -1.26. The molecule has 0 bridgehead atoms. The van der Waals surface area contributed by atoms with E-state index in [1.165, 1.54) is 28.9 Å². The van der Waals surface area contributed by atoms with E-state index < -0.39 is 57.9 Å². The Labute approximate surface area is 261 Å². The highest BCUT2D eigenvalue weighted by molar-refractivity contribution is 8.01. The highest BCUT2D eigenvalue weighted by Crippen LogP contribution is 2.45. The van der Waals surface area contributed by atoms with Crippen molar-refractivity contribution >= 4 is 75.6 Å². The average Bonchev–Trinajstić information content (AvgIpc) is 3.72. The number of rotatable bonds is 9. The lowest BCUT2D eigenvalue weighted by Gasteiger charge is -2.54. The third-order valence-corrected chi connectivity index (χ3v) is 9.49. The van der Waals surface area contributed by atoms with Crippen LogP contribution in [0.4, 0.5) is 14.7 Å². The second kappa shape index (κ2) is 12.0. The number of carboxylic acid groups (broad SMARTS) is 1. The van der Waals surface area contributed by atoms with E-state index in [1.807, 2.05) is 0 Å². The number of hydrogen-bond acceptors (Lipinski definition) is 14. The van der Waals surface area contributed by atoms with Crippen molar-refractivity contribution in [2.24, 2.45) is 0 Å². The lowest BCUT2D eigenvalue weighted by molar-refractivity contribution is -0.169. The zero-order valence-electron chi connectivity index (χ0n) is 23.7. The van der Waals surface area contributed by atoms with Crippen LogP contribution in [0.5, 0.6) is 0 Å². The van der Waals surface area contributed by atoms with Gasteiger partial charge in [-0.1, -0.05) is 11.8 Å². The van der Waals surface area contributed by atoms with Gasteiger partial charge < -0.3 is 15.2 Å². The summed E-state index contributed by atoms with van der Waals surface area (Å²) in [5.74, 6) is -2.84. The van der Waals surface area contributed by atoms with Gasteiger partial charge >= 0.3 is 18.1 Å². The summed E-state index contributed by atoms with van der Waals surface area (Å²) < 4.78 is 5.20.